The van der Waals surface area contributed by atoms with E-state index in [0.717, 1.165) is 47.5 Å². The van der Waals surface area contributed by atoms with Crippen LogP contribution in [0.2, 0.25) is 0 Å². The van der Waals surface area contributed by atoms with E-state index in [1.165, 1.54) is 11.8 Å². The number of fused-ring (bicyclic) bond motifs is 1. The molecule has 2 aromatic heterocycles. The van der Waals surface area contributed by atoms with Crippen molar-refractivity contribution in [1.82, 2.24) is 20.1 Å². The van der Waals surface area contributed by atoms with Crippen LogP contribution in [-0.2, 0) is 16.1 Å². The molecule has 1 aliphatic heterocycles. The predicted molar refractivity (Wildman–Crippen MR) is 121 cm³/mol. The van der Waals surface area contributed by atoms with Crippen molar-refractivity contribution < 1.29 is 13.9 Å². The monoisotopic (exact) mass is 443 g/mol. The number of nitrogens with zero attached hydrogens (tertiary/aromatic N) is 4. The van der Waals surface area contributed by atoms with E-state index in [-0.39, 0.29) is 17.7 Å². The number of morpholine rings is 1. The molecule has 4 rings (SSSR count). The van der Waals surface area contributed by atoms with Crippen molar-refractivity contribution in [1.29, 1.82) is 0 Å². The van der Waals surface area contributed by atoms with Gasteiger partial charge in [-0.15, -0.1) is 10.2 Å². The summed E-state index contributed by atoms with van der Waals surface area (Å²) in [6.07, 6.45) is 0. The summed E-state index contributed by atoms with van der Waals surface area (Å²) in [6, 6.07) is 9.60. The molecule has 1 saturated heterocycles. The summed E-state index contributed by atoms with van der Waals surface area (Å²) in [4.78, 5) is 14.8. The Kier molecular flexibility index (Phi) is 6.82. The Balaban J connectivity index is 1.39. The maximum Gasteiger partial charge on any atom is 0.231 e. The lowest BCUT2D eigenvalue weighted by molar-refractivity contribution is -0.119. The van der Waals surface area contributed by atoms with Gasteiger partial charge in [0.05, 0.1) is 25.0 Å². The topological polar surface area (TPSA) is 85.4 Å². The number of aromatic nitrogens is 3. The van der Waals surface area contributed by atoms with Gasteiger partial charge in [0.15, 0.2) is 5.16 Å². The largest absolute Gasteiger partial charge is 0.459 e. The highest BCUT2D eigenvalue weighted by molar-refractivity contribution is 7.99. The third kappa shape index (κ3) is 5.22. The minimum Gasteiger partial charge on any atom is -0.459 e. The zero-order chi connectivity index (χ0) is 21.8. The number of benzene rings is 1. The van der Waals surface area contributed by atoms with E-state index in [1.807, 2.05) is 37.3 Å². The Labute approximate surface area is 186 Å². The summed E-state index contributed by atoms with van der Waals surface area (Å²) in [5.74, 6) is 2.25. The summed E-state index contributed by atoms with van der Waals surface area (Å²) in [5, 5.41) is 13.6. The van der Waals surface area contributed by atoms with E-state index in [4.69, 9.17) is 9.15 Å². The van der Waals surface area contributed by atoms with Gasteiger partial charge in [0.25, 0.3) is 0 Å². The number of amides is 1. The van der Waals surface area contributed by atoms with Crippen molar-refractivity contribution in [2.75, 3.05) is 37.0 Å². The van der Waals surface area contributed by atoms with Crippen molar-refractivity contribution in [2.45, 2.75) is 38.5 Å². The lowest BCUT2D eigenvalue weighted by Crippen LogP contribution is -2.38. The number of nitrogens with one attached hydrogen (secondary N) is 1. The second-order valence-electron chi connectivity index (χ2n) is 8.15. The van der Waals surface area contributed by atoms with Crippen LogP contribution in [0, 0.1) is 5.92 Å². The van der Waals surface area contributed by atoms with Crippen LogP contribution in [0.4, 0.5) is 5.95 Å². The average molecular weight is 444 g/mol. The van der Waals surface area contributed by atoms with Crippen LogP contribution in [0.25, 0.3) is 11.0 Å². The van der Waals surface area contributed by atoms with Crippen LogP contribution < -0.4 is 10.2 Å². The fourth-order valence-electron chi connectivity index (χ4n) is 3.61. The van der Waals surface area contributed by atoms with Crippen molar-refractivity contribution in [2.24, 2.45) is 5.92 Å². The summed E-state index contributed by atoms with van der Waals surface area (Å²) >= 11 is 1.41. The molecule has 0 spiro atoms. The normalized spacial score (nSPS) is 15.5. The molecule has 1 aromatic carbocycles. The first-order valence-electron chi connectivity index (χ1n) is 10.7. The molecule has 0 bridgehead atoms. The van der Waals surface area contributed by atoms with E-state index in [1.54, 1.807) is 0 Å². The highest BCUT2D eigenvalue weighted by atomic mass is 32.2. The zero-order valence-corrected chi connectivity index (χ0v) is 19.0. The molecule has 31 heavy (non-hydrogen) atoms. The molecule has 1 fully saturated rings. The Morgan fingerprint density at radius 3 is 2.71 bits per heavy atom. The summed E-state index contributed by atoms with van der Waals surface area (Å²) in [7, 11) is 0. The fraction of sp³-hybridized carbons (Fsp3) is 0.500. The number of carbonyl (C=O) groups is 1. The number of ether oxygens (including phenoxy) is 1. The van der Waals surface area contributed by atoms with Gasteiger partial charge >= 0.3 is 0 Å². The van der Waals surface area contributed by atoms with Gasteiger partial charge in [-0.25, -0.2) is 0 Å². The standard InChI is InChI=1S/C22H29N5O3S/c1-15(2)13-27-21(26-8-10-29-11-9-26)24-25-22(27)31-14-20(28)23-16(3)19-12-17-6-4-5-7-18(17)30-19/h4-7,12,15-16H,8-11,13-14H2,1-3H3,(H,23,28). The number of furan rings is 1. The second kappa shape index (κ2) is 9.74. The van der Waals surface area contributed by atoms with Crippen LogP contribution >= 0.6 is 11.8 Å². The predicted octanol–water partition coefficient (Wildman–Crippen LogP) is 3.49. The van der Waals surface area contributed by atoms with Gasteiger partial charge in [0, 0.05) is 25.0 Å². The molecule has 1 atom stereocenters. The summed E-state index contributed by atoms with van der Waals surface area (Å²) in [5.41, 5.74) is 0.824. The fourth-order valence-corrected chi connectivity index (χ4v) is 4.36. The molecule has 0 aliphatic carbocycles. The lowest BCUT2D eigenvalue weighted by Gasteiger charge is -2.28. The Morgan fingerprint density at radius 2 is 1.97 bits per heavy atom. The number of hydrogen-bond donors (Lipinski definition) is 1. The first-order chi connectivity index (χ1) is 15.0. The Hall–Kier alpha value is -2.52. The molecule has 1 N–H and O–H groups in total. The van der Waals surface area contributed by atoms with E-state index in [0.29, 0.717) is 19.1 Å². The molecule has 166 valence electrons. The molecule has 3 aromatic rings. The molecular weight excluding hydrogens is 414 g/mol. The maximum absolute atomic E-state index is 12.6. The van der Waals surface area contributed by atoms with Crippen LogP contribution in [0.5, 0.6) is 0 Å². The van der Waals surface area contributed by atoms with Gasteiger partial charge in [-0.3, -0.25) is 9.36 Å². The summed E-state index contributed by atoms with van der Waals surface area (Å²) < 4.78 is 13.4. The highest BCUT2D eigenvalue weighted by Gasteiger charge is 2.22. The van der Waals surface area contributed by atoms with Crippen molar-refractivity contribution in [3.63, 3.8) is 0 Å². The average Bonchev–Trinajstić information content (AvgIpc) is 3.36. The smallest absolute Gasteiger partial charge is 0.231 e. The van der Waals surface area contributed by atoms with Crippen LogP contribution in [0.15, 0.2) is 39.9 Å². The molecule has 1 unspecified atom stereocenters. The number of para-hydroxylation sites is 1. The van der Waals surface area contributed by atoms with E-state index in [9.17, 15) is 4.79 Å². The van der Waals surface area contributed by atoms with E-state index < -0.39 is 0 Å². The number of anilines is 1. The minimum atomic E-state index is -0.210. The third-order valence-corrected chi connectivity index (χ3v) is 6.09. The number of thioether (sulfide) groups is 1. The van der Waals surface area contributed by atoms with Gasteiger partial charge in [-0.1, -0.05) is 43.8 Å². The van der Waals surface area contributed by atoms with Crippen molar-refractivity contribution in [3.05, 3.63) is 36.1 Å². The highest BCUT2D eigenvalue weighted by Crippen LogP contribution is 2.26. The first kappa shape index (κ1) is 21.7. The number of hydrogen-bond acceptors (Lipinski definition) is 7. The molecule has 1 aliphatic rings. The molecule has 0 radical (unpaired) electrons. The van der Waals surface area contributed by atoms with Gasteiger partial charge in [0.2, 0.25) is 11.9 Å². The quantitative estimate of drug-likeness (QED) is 0.534. The van der Waals surface area contributed by atoms with Gasteiger partial charge < -0.3 is 19.4 Å². The third-order valence-electron chi connectivity index (χ3n) is 5.12. The molecule has 1 amide bonds. The number of rotatable bonds is 8. The lowest BCUT2D eigenvalue weighted by atomic mass is 10.2. The molecule has 3 heterocycles. The van der Waals surface area contributed by atoms with Crippen LogP contribution in [-0.4, -0.2) is 52.7 Å². The zero-order valence-electron chi connectivity index (χ0n) is 18.2. The van der Waals surface area contributed by atoms with Crippen molar-refractivity contribution in [3.8, 4) is 0 Å². The Morgan fingerprint density at radius 1 is 1.19 bits per heavy atom. The second-order valence-corrected chi connectivity index (χ2v) is 9.09. The molecular formula is C22H29N5O3S. The number of carbonyl (C=O) groups excluding carboxylic acids is 1. The van der Waals surface area contributed by atoms with Crippen LogP contribution in [0.1, 0.15) is 32.6 Å². The van der Waals surface area contributed by atoms with Crippen LogP contribution in [0.3, 0.4) is 0 Å². The summed E-state index contributed by atoms with van der Waals surface area (Å²) in [6.45, 7) is 10.1. The van der Waals surface area contributed by atoms with E-state index in [2.05, 4.69) is 38.8 Å². The molecule has 9 heteroatoms. The van der Waals surface area contributed by atoms with Gasteiger partial charge in [0.1, 0.15) is 11.3 Å². The maximum atomic E-state index is 12.6. The first-order valence-corrected chi connectivity index (χ1v) is 11.7. The van der Waals surface area contributed by atoms with E-state index >= 15 is 0 Å². The SMILES string of the molecule is CC(C)Cn1c(SCC(=O)NC(C)c2cc3ccccc3o2)nnc1N1CCOCC1. The van der Waals surface area contributed by atoms with Gasteiger partial charge in [-0.2, -0.15) is 0 Å². The minimum absolute atomic E-state index is 0.0648. The van der Waals surface area contributed by atoms with Crippen molar-refractivity contribution >= 4 is 34.6 Å². The van der Waals surface area contributed by atoms with Gasteiger partial charge in [-0.05, 0) is 25.0 Å². The molecule has 8 nitrogen and oxygen atoms in total. The molecule has 0 saturated carbocycles. The Bertz CT molecular complexity index is 992.